The highest BCUT2D eigenvalue weighted by Gasteiger charge is 2.35. The normalized spacial score (nSPS) is 30.9. The topological polar surface area (TPSA) is 23.6 Å². The van der Waals surface area contributed by atoms with Crippen LogP contribution in [0.5, 0.6) is 0 Å². The third kappa shape index (κ3) is 3.50. The van der Waals surface area contributed by atoms with Crippen molar-refractivity contribution in [2.45, 2.75) is 53.0 Å². The van der Waals surface area contributed by atoms with Crippen LogP contribution >= 0.6 is 0 Å². The molecule has 0 N–H and O–H groups in total. The molecule has 3 heteroatoms. The first-order chi connectivity index (χ1) is 8.99. The fourth-order valence-electron chi connectivity index (χ4n) is 3.48. The summed E-state index contributed by atoms with van der Waals surface area (Å²) in [5.41, 5.74) is 0. The number of likely N-dealkylation sites (tertiary alicyclic amines) is 2. The maximum atomic E-state index is 12.7. The molecule has 2 aliphatic heterocycles. The highest BCUT2D eigenvalue weighted by atomic mass is 16.2. The fraction of sp³-hybridized carbons (Fsp3) is 0.938. The minimum absolute atomic E-state index is 0.267. The van der Waals surface area contributed by atoms with Crippen LogP contribution in [-0.4, -0.2) is 47.9 Å². The molecule has 0 radical (unpaired) electrons. The van der Waals surface area contributed by atoms with Crippen LogP contribution in [0.15, 0.2) is 0 Å². The van der Waals surface area contributed by atoms with Crippen LogP contribution < -0.4 is 0 Å². The van der Waals surface area contributed by atoms with E-state index in [9.17, 15) is 4.79 Å². The first-order valence-corrected chi connectivity index (χ1v) is 8.02. The van der Waals surface area contributed by atoms with E-state index in [0.29, 0.717) is 17.9 Å². The first-order valence-electron chi connectivity index (χ1n) is 8.02. The quantitative estimate of drug-likeness (QED) is 0.767. The van der Waals surface area contributed by atoms with Crippen LogP contribution in [0.3, 0.4) is 0 Å². The van der Waals surface area contributed by atoms with Crippen LogP contribution in [0, 0.1) is 17.8 Å². The van der Waals surface area contributed by atoms with Gasteiger partial charge in [-0.15, -0.1) is 0 Å². The molecular formula is C16H30N2O. The number of piperidine rings is 2. The molecular weight excluding hydrogens is 236 g/mol. The van der Waals surface area contributed by atoms with Gasteiger partial charge in [-0.1, -0.05) is 13.8 Å². The second-order valence-electron chi connectivity index (χ2n) is 6.97. The van der Waals surface area contributed by atoms with Gasteiger partial charge in [0.25, 0.3) is 0 Å². The van der Waals surface area contributed by atoms with Gasteiger partial charge < -0.3 is 9.80 Å². The van der Waals surface area contributed by atoms with E-state index in [1.54, 1.807) is 0 Å². The predicted octanol–water partition coefficient (Wildman–Crippen LogP) is 2.61. The summed E-state index contributed by atoms with van der Waals surface area (Å²) in [4.78, 5) is 17.3. The summed E-state index contributed by atoms with van der Waals surface area (Å²) in [5.74, 6) is 2.00. The lowest BCUT2D eigenvalue weighted by Gasteiger charge is -2.41. The summed E-state index contributed by atoms with van der Waals surface area (Å²) in [6.07, 6.45) is 3.42. The van der Waals surface area contributed by atoms with Crippen LogP contribution in [0.4, 0.5) is 0 Å². The SMILES string of the molecule is CC1CCN(C(=O)[C@@H]2CCN(C(C)C)C[C@@H]2C)CC1. The van der Waals surface area contributed by atoms with Crippen molar-refractivity contribution in [2.75, 3.05) is 26.2 Å². The average molecular weight is 266 g/mol. The fourth-order valence-corrected chi connectivity index (χ4v) is 3.48. The second-order valence-corrected chi connectivity index (χ2v) is 6.97. The largest absolute Gasteiger partial charge is 0.342 e. The van der Waals surface area contributed by atoms with Crippen molar-refractivity contribution in [1.29, 1.82) is 0 Å². The molecule has 2 heterocycles. The van der Waals surface area contributed by atoms with E-state index in [1.165, 1.54) is 12.8 Å². The molecule has 19 heavy (non-hydrogen) atoms. The van der Waals surface area contributed by atoms with E-state index >= 15 is 0 Å². The molecule has 2 saturated heterocycles. The summed E-state index contributed by atoms with van der Waals surface area (Å²) in [5, 5.41) is 0. The summed E-state index contributed by atoms with van der Waals surface area (Å²) >= 11 is 0. The smallest absolute Gasteiger partial charge is 0.226 e. The Kier molecular flexibility index (Phi) is 4.88. The monoisotopic (exact) mass is 266 g/mol. The van der Waals surface area contributed by atoms with Crippen LogP contribution in [0.25, 0.3) is 0 Å². The lowest BCUT2D eigenvalue weighted by Crippen LogP contribution is -2.50. The molecule has 0 spiro atoms. The number of rotatable bonds is 2. The molecule has 0 aromatic carbocycles. The molecule has 2 fully saturated rings. The van der Waals surface area contributed by atoms with Crippen molar-refractivity contribution in [3.8, 4) is 0 Å². The zero-order valence-corrected chi connectivity index (χ0v) is 13.1. The number of hydrogen-bond acceptors (Lipinski definition) is 2. The number of hydrogen-bond donors (Lipinski definition) is 0. The number of amides is 1. The Hall–Kier alpha value is -0.570. The lowest BCUT2D eigenvalue weighted by atomic mass is 9.84. The Morgan fingerprint density at radius 3 is 2.21 bits per heavy atom. The highest BCUT2D eigenvalue weighted by molar-refractivity contribution is 5.79. The van der Waals surface area contributed by atoms with E-state index in [0.717, 1.165) is 38.5 Å². The van der Waals surface area contributed by atoms with Gasteiger partial charge in [0.2, 0.25) is 5.91 Å². The van der Waals surface area contributed by atoms with Crippen LogP contribution in [0.2, 0.25) is 0 Å². The van der Waals surface area contributed by atoms with Gasteiger partial charge in [0.05, 0.1) is 0 Å². The van der Waals surface area contributed by atoms with Gasteiger partial charge in [-0.2, -0.15) is 0 Å². The van der Waals surface area contributed by atoms with Crippen molar-refractivity contribution >= 4 is 5.91 Å². The first kappa shape index (κ1) is 14.8. The molecule has 0 aromatic heterocycles. The van der Waals surface area contributed by atoms with Crippen molar-refractivity contribution in [2.24, 2.45) is 17.8 Å². The third-order valence-corrected chi connectivity index (χ3v) is 5.08. The van der Waals surface area contributed by atoms with E-state index in [2.05, 4.69) is 37.5 Å². The third-order valence-electron chi connectivity index (χ3n) is 5.08. The molecule has 0 bridgehead atoms. The minimum atomic E-state index is 0.267. The van der Waals surface area contributed by atoms with Gasteiger partial charge in [-0.3, -0.25) is 4.79 Å². The minimum Gasteiger partial charge on any atom is -0.342 e. The maximum absolute atomic E-state index is 12.7. The number of carbonyl (C=O) groups is 1. The predicted molar refractivity (Wildman–Crippen MR) is 79.0 cm³/mol. The van der Waals surface area contributed by atoms with E-state index < -0.39 is 0 Å². The maximum Gasteiger partial charge on any atom is 0.226 e. The van der Waals surface area contributed by atoms with Gasteiger partial charge in [0.15, 0.2) is 0 Å². The van der Waals surface area contributed by atoms with Crippen LogP contribution in [0.1, 0.15) is 47.0 Å². The summed E-state index contributed by atoms with van der Waals surface area (Å²) in [7, 11) is 0. The summed E-state index contributed by atoms with van der Waals surface area (Å²) < 4.78 is 0. The highest BCUT2D eigenvalue weighted by Crippen LogP contribution is 2.28. The van der Waals surface area contributed by atoms with Crippen molar-refractivity contribution < 1.29 is 4.79 Å². The molecule has 0 saturated carbocycles. The second kappa shape index (κ2) is 6.25. The Morgan fingerprint density at radius 2 is 1.68 bits per heavy atom. The summed E-state index contributed by atoms with van der Waals surface area (Å²) in [6, 6.07) is 0.606. The van der Waals surface area contributed by atoms with E-state index in [-0.39, 0.29) is 5.92 Å². The Balaban J connectivity index is 1.90. The van der Waals surface area contributed by atoms with Crippen molar-refractivity contribution in [1.82, 2.24) is 9.80 Å². The van der Waals surface area contributed by atoms with Crippen LogP contribution in [-0.2, 0) is 4.79 Å². The molecule has 2 rings (SSSR count). The number of nitrogens with zero attached hydrogens (tertiary/aromatic N) is 2. The zero-order chi connectivity index (χ0) is 14.0. The average Bonchev–Trinajstić information content (AvgIpc) is 2.38. The zero-order valence-electron chi connectivity index (χ0n) is 13.1. The molecule has 0 aromatic rings. The lowest BCUT2D eigenvalue weighted by molar-refractivity contribution is -0.140. The molecule has 0 unspecified atom stereocenters. The Labute approximate surface area is 118 Å². The number of carbonyl (C=O) groups excluding carboxylic acids is 1. The molecule has 2 atom stereocenters. The standard InChI is InChI=1S/C16H30N2O/c1-12(2)18-10-7-15(14(4)11-18)16(19)17-8-5-13(3)6-9-17/h12-15H,5-11H2,1-4H3/t14-,15+/m0/s1. The van der Waals surface area contributed by atoms with Gasteiger partial charge in [0, 0.05) is 31.6 Å². The van der Waals surface area contributed by atoms with Gasteiger partial charge in [-0.05, 0) is 51.5 Å². The Morgan fingerprint density at radius 1 is 1.05 bits per heavy atom. The van der Waals surface area contributed by atoms with Gasteiger partial charge in [-0.25, -0.2) is 0 Å². The summed E-state index contributed by atoms with van der Waals surface area (Å²) in [6.45, 7) is 13.2. The Bertz CT molecular complexity index is 308. The molecule has 2 aliphatic rings. The van der Waals surface area contributed by atoms with Crippen molar-refractivity contribution in [3.63, 3.8) is 0 Å². The molecule has 110 valence electrons. The molecule has 0 aliphatic carbocycles. The van der Waals surface area contributed by atoms with E-state index in [4.69, 9.17) is 0 Å². The van der Waals surface area contributed by atoms with Gasteiger partial charge in [0.1, 0.15) is 0 Å². The van der Waals surface area contributed by atoms with Gasteiger partial charge >= 0.3 is 0 Å². The molecule has 3 nitrogen and oxygen atoms in total. The van der Waals surface area contributed by atoms with E-state index in [1.807, 2.05) is 0 Å². The van der Waals surface area contributed by atoms with Crippen molar-refractivity contribution in [3.05, 3.63) is 0 Å². The molecule has 1 amide bonds.